The summed E-state index contributed by atoms with van der Waals surface area (Å²) in [6, 6.07) is 9.38. The lowest BCUT2D eigenvalue weighted by Crippen LogP contribution is -2.47. The fourth-order valence-corrected chi connectivity index (χ4v) is 5.12. The topological polar surface area (TPSA) is 52.1 Å². The average molecular weight is 450 g/mol. The predicted octanol–water partition coefficient (Wildman–Crippen LogP) is 3.15. The third-order valence-corrected chi connectivity index (χ3v) is 6.80. The van der Waals surface area contributed by atoms with Gasteiger partial charge in [-0.3, -0.25) is 9.89 Å². The summed E-state index contributed by atoms with van der Waals surface area (Å²) in [5, 5.41) is 9.06. The number of hydrogen-bond acceptors (Lipinski definition) is 5. The lowest BCUT2D eigenvalue weighted by atomic mass is 10.1. The van der Waals surface area contributed by atoms with Crippen LogP contribution in [0.2, 0.25) is 0 Å². The summed E-state index contributed by atoms with van der Waals surface area (Å²) < 4.78 is 30.1. The van der Waals surface area contributed by atoms with Gasteiger partial charge in [-0.1, -0.05) is 12.1 Å². The van der Waals surface area contributed by atoms with Gasteiger partial charge in [0.2, 0.25) is 0 Å². The zero-order chi connectivity index (χ0) is 21.6. The Morgan fingerprint density at radius 1 is 1.29 bits per heavy atom. The number of rotatable bonds is 7. The SMILES string of the molecule is CN=C(NCCN1CCc2sccc2C1)NC1CCN(c2ccccc2OC(F)F)C1. The van der Waals surface area contributed by atoms with E-state index in [1.54, 1.807) is 19.2 Å². The van der Waals surface area contributed by atoms with Gasteiger partial charge in [0.05, 0.1) is 5.69 Å². The van der Waals surface area contributed by atoms with E-state index >= 15 is 0 Å². The van der Waals surface area contributed by atoms with Gasteiger partial charge in [-0.25, -0.2) is 0 Å². The van der Waals surface area contributed by atoms with Gasteiger partial charge in [0.1, 0.15) is 5.75 Å². The molecule has 0 saturated carbocycles. The van der Waals surface area contributed by atoms with E-state index in [1.165, 1.54) is 10.4 Å². The Kier molecular flexibility index (Phi) is 7.24. The normalized spacial score (nSPS) is 19.5. The zero-order valence-electron chi connectivity index (χ0n) is 17.7. The van der Waals surface area contributed by atoms with Crippen molar-refractivity contribution in [2.75, 3.05) is 44.7 Å². The number of alkyl halides is 2. The van der Waals surface area contributed by atoms with Crippen molar-refractivity contribution in [1.82, 2.24) is 15.5 Å². The molecule has 0 amide bonds. The smallest absolute Gasteiger partial charge is 0.387 e. The summed E-state index contributed by atoms with van der Waals surface area (Å²) in [6.07, 6.45) is 2.03. The number of fused-ring (bicyclic) bond motifs is 1. The maximum atomic E-state index is 12.7. The van der Waals surface area contributed by atoms with Crippen LogP contribution in [0.5, 0.6) is 5.75 Å². The van der Waals surface area contributed by atoms with Crippen molar-refractivity contribution in [3.63, 3.8) is 0 Å². The molecule has 0 aliphatic carbocycles. The van der Waals surface area contributed by atoms with Gasteiger partial charge in [-0.2, -0.15) is 8.78 Å². The molecule has 2 N–H and O–H groups in total. The molecule has 0 radical (unpaired) electrons. The molecular formula is C22H29F2N5OS. The second kappa shape index (κ2) is 10.3. The fourth-order valence-electron chi connectivity index (χ4n) is 4.23. The van der Waals surface area contributed by atoms with Crippen molar-refractivity contribution in [3.8, 4) is 5.75 Å². The van der Waals surface area contributed by atoms with Crippen molar-refractivity contribution in [1.29, 1.82) is 0 Å². The van der Waals surface area contributed by atoms with Gasteiger partial charge in [0.15, 0.2) is 5.96 Å². The molecule has 1 fully saturated rings. The van der Waals surface area contributed by atoms with Crippen LogP contribution in [0.4, 0.5) is 14.5 Å². The Morgan fingerprint density at radius 3 is 3.00 bits per heavy atom. The Hall–Kier alpha value is -2.39. The first kappa shape index (κ1) is 21.8. The molecular weight excluding hydrogens is 420 g/mol. The van der Waals surface area contributed by atoms with E-state index in [1.807, 2.05) is 23.5 Å². The van der Waals surface area contributed by atoms with E-state index in [-0.39, 0.29) is 11.8 Å². The molecule has 0 spiro atoms. The van der Waals surface area contributed by atoms with Gasteiger partial charge in [0, 0.05) is 57.2 Å². The molecule has 1 aromatic carbocycles. The third-order valence-electron chi connectivity index (χ3n) is 5.78. The number of nitrogens with zero attached hydrogens (tertiary/aromatic N) is 3. The van der Waals surface area contributed by atoms with Crippen LogP contribution in [0.15, 0.2) is 40.7 Å². The minimum Gasteiger partial charge on any atom is -0.433 e. The second-order valence-electron chi connectivity index (χ2n) is 7.82. The molecule has 31 heavy (non-hydrogen) atoms. The summed E-state index contributed by atoms with van der Waals surface area (Å²) in [5.41, 5.74) is 2.16. The van der Waals surface area contributed by atoms with E-state index in [0.29, 0.717) is 12.2 Å². The molecule has 9 heteroatoms. The first-order valence-electron chi connectivity index (χ1n) is 10.7. The maximum absolute atomic E-state index is 12.7. The summed E-state index contributed by atoms with van der Waals surface area (Å²) >= 11 is 1.86. The summed E-state index contributed by atoms with van der Waals surface area (Å²) in [5.74, 6) is 0.994. The molecule has 1 saturated heterocycles. The maximum Gasteiger partial charge on any atom is 0.387 e. The number of thiophene rings is 1. The monoisotopic (exact) mass is 449 g/mol. The van der Waals surface area contributed by atoms with Crippen LogP contribution in [0.1, 0.15) is 16.9 Å². The Morgan fingerprint density at radius 2 is 2.16 bits per heavy atom. The molecule has 4 rings (SSSR count). The molecule has 2 aromatic rings. The number of benzene rings is 1. The molecule has 1 aromatic heterocycles. The quantitative estimate of drug-likeness (QED) is 0.503. The highest BCUT2D eigenvalue weighted by atomic mass is 32.1. The minimum atomic E-state index is -2.83. The Bertz CT molecular complexity index is 890. The number of guanidine groups is 1. The third kappa shape index (κ3) is 5.65. The van der Waals surface area contributed by atoms with Crippen molar-refractivity contribution in [2.45, 2.75) is 32.0 Å². The van der Waals surface area contributed by atoms with E-state index in [9.17, 15) is 8.78 Å². The molecule has 3 heterocycles. The van der Waals surface area contributed by atoms with Crippen LogP contribution in [0.25, 0.3) is 0 Å². The fraction of sp³-hybridized carbons (Fsp3) is 0.500. The molecule has 0 bridgehead atoms. The lowest BCUT2D eigenvalue weighted by molar-refractivity contribution is -0.0495. The summed E-state index contributed by atoms with van der Waals surface area (Å²) in [7, 11) is 1.77. The number of ether oxygens (including phenoxy) is 1. The lowest BCUT2D eigenvalue weighted by Gasteiger charge is -2.27. The number of aliphatic imine (C=N–C) groups is 1. The van der Waals surface area contributed by atoms with E-state index in [4.69, 9.17) is 0 Å². The number of para-hydroxylation sites is 2. The highest BCUT2D eigenvalue weighted by molar-refractivity contribution is 7.10. The van der Waals surface area contributed by atoms with Crippen LogP contribution < -0.4 is 20.3 Å². The molecule has 6 nitrogen and oxygen atoms in total. The second-order valence-corrected chi connectivity index (χ2v) is 8.82. The highest BCUT2D eigenvalue weighted by Gasteiger charge is 2.26. The first-order chi connectivity index (χ1) is 15.1. The molecule has 2 aliphatic heterocycles. The van der Waals surface area contributed by atoms with Gasteiger partial charge >= 0.3 is 6.61 Å². The van der Waals surface area contributed by atoms with Crippen LogP contribution in [-0.2, 0) is 13.0 Å². The Balaban J connectivity index is 1.24. The van der Waals surface area contributed by atoms with Gasteiger partial charge in [-0.15, -0.1) is 11.3 Å². The zero-order valence-corrected chi connectivity index (χ0v) is 18.5. The molecule has 2 aliphatic rings. The largest absolute Gasteiger partial charge is 0.433 e. The standard InChI is InChI=1S/C22H29F2N5OS/c1-25-22(26-9-12-28-10-7-20-16(14-28)8-13-31-20)27-17-6-11-29(15-17)18-4-2-3-5-19(18)30-21(23)24/h2-5,8,13,17,21H,6-7,9-12,14-15H2,1H3,(H2,25,26,27). The van der Waals surface area contributed by atoms with Gasteiger partial charge in [-0.05, 0) is 42.0 Å². The van der Waals surface area contributed by atoms with Crippen LogP contribution in [0.3, 0.4) is 0 Å². The van der Waals surface area contributed by atoms with Gasteiger partial charge in [0.25, 0.3) is 0 Å². The van der Waals surface area contributed by atoms with E-state index in [0.717, 1.165) is 51.5 Å². The van der Waals surface area contributed by atoms with Crippen LogP contribution in [0, 0.1) is 0 Å². The van der Waals surface area contributed by atoms with Crippen molar-refractivity contribution in [2.24, 2.45) is 4.99 Å². The number of nitrogens with one attached hydrogen (secondary N) is 2. The van der Waals surface area contributed by atoms with E-state index < -0.39 is 6.61 Å². The van der Waals surface area contributed by atoms with Crippen molar-refractivity contribution >= 4 is 23.0 Å². The molecule has 1 atom stereocenters. The van der Waals surface area contributed by atoms with Crippen LogP contribution in [-0.4, -0.2) is 63.3 Å². The summed E-state index contributed by atoms with van der Waals surface area (Å²) in [6.45, 7) is 2.55. The molecule has 1 unspecified atom stereocenters. The minimum absolute atomic E-state index is 0.189. The van der Waals surface area contributed by atoms with Crippen molar-refractivity contribution in [3.05, 3.63) is 46.2 Å². The van der Waals surface area contributed by atoms with E-state index in [2.05, 4.69) is 41.6 Å². The average Bonchev–Trinajstić information content (AvgIpc) is 3.42. The summed E-state index contributed by atoms with van der Waals surface area (Å²) in [4.78, 5) is 10.4. The van der Waals surface area contributed by atoms with Gasteiger partial charge < -0.3 is 20.3 Å². The van der Waals surface area contributed by atoms with Crippen molar-refractivity contribution < 1.29 is 13.5 Å². The predicted molar refractivity (Wildman–Crippen MR) is 121 cm³/mol. The molecule has 168 valence electrons. The number of anilines is 1. The number of halogens is 2. The first-order valence-corrected chi connectivity index (χ1v) is 11.5. The number of hydrogen-bond donors (Lipinski definition) is 2. The highest BCUT2D eigenvalue weighted by Crippen LogP contribution is 2.31. The van der Waals surface area contributed by atoms with Crippen LogP contribution >= 0.6 is 11.3 Å². The Labute approximate surface area is 185 Å².